The van der Waals surface area contributed by atoms with E-state index in [0.29, 0.717) is 41.3 Å². The minimum absolute atomic E-state index is 0.324. The van der Waals surface area contributed by atoms with Crippen LogP contribution in [-0.2, 0) is 11.3 Å². The third-order valence-corrected chi connectivity index (χ3v) is 4.16. The van der Waals surface area contributed by atoms with Gasteiger partial charge in [0.05, 0.1) is 6.61 Å². The van der Waals surface area contributed by atoms with Crippen molar-refractivity contribution in [3.63, 3.8) is 0 Å². The van der Waals surface area contributed by atoms with Gasteiger partial charge in [0.2, 0.25) is 0 Å². The van der Waals surface area contributed by atoms with Crippen LogP contribution in [0.3, 0.4) is 0 Å². The average molecular weight is 389 g/mol. The lowest BCUT2D eigenvalue weighted by Gasteiger charge is -2.07. The predicted octanol–water partition coefficient (Wildman–Crippen LogP) is 5.26. The highest BCUT2D eigenvalue weighted by molar-refractivity contribution is 9.10. The molecule has 0 saturated carbocycles. The Balaban J connectivity index is 1.85. The number of esters is 1. The zero-order chi connectivity index (χ0) is 17.1. The van der Waals surface area contributed by atoms with Gasteiger partial charge in [-0.25, -0.2) is 4.79 Å². The molecule has 0 radical (unpaired) electrons. The van der Waals surface area contributed by atoms with Crippen LogP contribution in [0, 0.1) is 6.92 Å². The quantitative estimate of drug-likeness (QED) is 0.559. The summed E-state index contributed by atoms with van der Waals surface area (Å²) in [6, 6.07) is 13.4. The zero-order valence-corrected chi connectivity index (χ0v) is 15.1. The standard InChI is InChI=1S/C19H17BrO4/c1-3-22-19(21)18-12(2)24-17-9-8-15(10-16(17)18)23-11-13-4-6-14(20)7-5-13/h4-10H,3,11H2,1-2H3. The normalized spacial score (nSPS) is 10.8. The molecule has 3 rings (SSSR count). The van der Waals surface area contributed by atoms with Gasteiger partial charge in [-0.05, 0) is 49.7 Å². The van der Waals surface area contributed by atoms with Crippen molar-refractivity contribution in [3.05, 3.63) is 63.8 Å². The first-order valence-corrected chi connectivity index (χ1v) is 8.45. The third kappa shape index (κ3) is 3.46. The van der Waals surface area contributed by atoms with Crippen molar-refractivity contribution in [3.8, 4) is 5.75 Å². The molecule has 0 atom stereocenters. The summed E-state index contributed by atoms with van der Waals surface area (Å²) in [5.74, 6) is 0.851. The van der Waals surface area contributed by atoms with Gasteiger partial charge in [-0.2, -0.15) is 0 Å². The molecule has 124 valence electrons. The highest BCUT2D eigenvalue weighted by Gasteiger charge is 2.19. The van der Waals surface area contributed by atoms with E-state index in [1.165, 1.54) is 0 Å². The van der Waals surface area contributed by atoms with Crippen molar-refractivity contribution in [1.29, 1.82) is 0 Å². The number of ether oxygens (including phenoxy) is 2. The van der Waals surface area contributed by atoms with Gasteiger partial charge in [0.25, 0.3) is 0 Å². The zero-order valence-electron chi connectivity index (χ0n) is 13.5. The van der Waals surface area contributed by atoms with Crippen molar-refractivity contribution in [2.45, 2.75) is 20.5 Å². The molecule has 24 heavy (non-hydrogen) atoms. The fourth-order valence-electron chi connectivity index (χ4n) is 2.49. The maximum Gasteiger partial charge on any atom is 0.342 e. The molecule has 0 amide bonds. The summed E-state index contributed by atoms with van der Waals surface area (Å²) in [6.45, 7) is 4.31. The van der Waals surface area contributed by atoms with Gasteiger partial charge >= 0.3 is 5.97 Å². The minimum atomic E-state index is -0.376. The van der Waals surface area contributed by atoms with Gasteiger partial charge < -0.3 is 13.9 Å². The molecule has 0 N–H and O–H groups in total. The number of hydrogen-bond acceptors (Lipinski definition) is 4. The molecule has 0 aliphatic rings. The van der Waals surface area contributed by atoms with Crippen molar-refractivity contribution in [1.82, 2.24) is 0 Å². The van der Waals surface area contributed by atoms with Crippen LogP contribution in [0.1, 0.15) is 28.6 Å². The van der Waals surface area contributed by atoms with Gasteiger partial charge in [-0.3, -0.25) is 0 Å². The Labute approximate surface area is 148 Å². The molecular formula is C19H17BrO4. The largest absolute Gasteiger partial charge is 0.489 e. The number of fused-ring (bicyclic) bond motifs is 1. The number of carbonyl (C=O) groups is 1. The van der Waals surface area contributed by atoms with E-state index >= 15 is 0 Å². The number of benzene rings is 2. The van der Waals surface area contributed by atoms with Crippen LogP contribution < -0.4 is 4.74 Å². The van der Waals surface area contributed by atoms with Gasteiger partial charge in [-0.1, -0.05) is 28.1 Å². The molecule has 2 aromatic carbocycles. The first-order chi connectivity index (χ1) is 11.6. The molecule has 1 aromatic heterocycles. The van der Waals surface area contributed by atoms with Crippen molar-refractivity contribution in [2.24, 2.45) is 0 Å². The maximum absolute atomic E-state index is 12.1. The van der Waals surface area contributed by atoms with E-state index < -0.39 is 0 Å². The van der Waals surface area contributed by atoms with E-state index in [4.69, 9.17) is 13.9 Å². The van der Waals surface area contributed by atoms with E-state index in [-0.39, 0.29) is 5.97 Å². The summed E-state index contributed by atoms with van der Waals surface area (Å²) in [4.78, 5) is 12.1. The fraction of sp³-hybridized carbons (Fsp3) is 0.211. The van der Waals surface area contributed by atoms with E-state index in [2.05, 4.69) is 15.9 Å². The molecule has 0 unspecified atom stereocenters. The topological polar surface area (TPSA) is 48.7 Å². The average Bonchev–Trinajstić information content (AvgIpc) is 2.89. The summed E-state index contributed by atoms with van der Waals surface area (Å²) in [5.41, 5.74) is 2.17. The lowest BCUT2D eigenvalue weighted by Crippen LogP contribution is -2.05. The molecule has 0 fully saturated rings. The summed E-state index contributed by atoms with van der Waals surface area (Å²) >= 11 is 3.41. The molecule has 0 bridgehead atoms. The Kier molecular flexibility index (Phi) is 4.90. The Morgan fingerprint density at radius 2 is 1.92 bits per heavy atom. The summed E-state index contributed by atoms with van der Waals surface area (Å²) in [5, 5.41) is 0.708. The molecule has 5 heteroatoms. The first-order valence-electron chi connectivity index (χ1n) is 7.66. The van der Waals surface area contributed by atoms with Crippen LogP contribution in [0.5, 0.6) is 5.75 Å². The Bertz CT molecular complexity index is 865. The lowest BCUT2D eigenvalue weighted by molar-refractivity contribution is 0.0526. The second-order valence-corrected chi connectivity index (χ2v) is 6.24. The van der Waals surface area contributed by atoms with Crippen LogP contribution in [0.25, 0.3) is 11.0 Å². The van der Waals surface area contributed by atoms with Gasteiger partial charge in [0.1, 0.15) is 29.3 Å². The van der Waals surface area contributed by atoms with Gasteiger partial charge in [0, 0.05) is 9.86 Å². The van der Waals surface area contributed by atoms with Crippen LogP contribution >= 0.6 is 15.9 Å². The summed E-state index contributed by atoms with van der Waals surface area (Å²) in [7, 11) is 0. The molecule has 3 aromatic rings. The van der Waals surface area contributed by atoms with E-state index in [1.807, 2.05) is 42.5 Å². The predicted molar refractivity (Wildman–Crippen MR) is 95.4 cm³/mol. The third-order valence-electron chi connectivity index (χ3n) is 3.63. The van der Waals surface area contributed by atoms with Gasteiger partial charge in [0.15, 0.2) is 0 Å². The molecule has 0 spiro atoms. The summed E-state index contributed by atoms with van der Waals surface area (Å²) in [6.07, 6.45) is 0. The Hall–Kier alpha value is -2.27. The number of carbonyl (C=O) groups excluding carboxylic acids is 1. The Morgan fingerprint density at radius 3 is 2.62 bits per heavy atom. The number of furan rings is 1. The van der Waals surface area contributed by atoms with Crippen LogP contribution in [-0.4, -0.2) is 12.6 Å². The van der Waals surface area contributed by atoms with Crippen molar-refractivity contribution < 1.29 is 18.7 Å². The minimum Gasteiger partial charge on any atom is -0.489 e. The fourth-order valence-corrected chi connectivity index (χ4v) is 2.76. The van der Waals surface area contributed by atoms with E-state index in [0.717, 1.165) is 10.0 Å². The summed E-state index contributed by atoms with van der Waals surface area (Å²) < 4.78 is 17.6. The van der Waals surface area contributed by atoms with Gasteiger partial charge in [-0.15, -0.1) is 0 Å². The molecule has 4 nitrogen and oxygen atoms in total. The number of rotatable bonds is 5. The SMILES string of the molecule is CCOC(=O)c1c(C)oc2ccc(OCc3ccc(Br)cc3)cc12. The second-order valence-electron chi connectivity index (χ2n) is 5.33. The van der Waals surface area contributed by atoms with Crippen molar-refractivity contribution in [2.75, 3.05) is 6.61 Å². The number of halogens is 1. The van der Waals surface area contributed by atoms with E-state index in [1.54, 1.807) is 13.8 Å². The molecule has 0 saturated heterocycles. The highest BCUT2D eigenvalue weighted by atomic mass is 79.9. The van der Waals surface area contributed by atoms with E-state index in [9.17, 15) is 4.79 Å². The number of hydrogen-bond donors (Lipinski definition) is 0. The van der Waals surface area contributed by atoms with Crippen LogP contribution in [0.4, 0.5) is 0 Å². The molecule has 0 aliphatic heterocycles. The smallest absolute Gasteiger partial charge is 0.342 e. The number of aryl methyl sites for hydroxylation is 1. The second kappa shape index (κ2) is 7.09. The van der Waals surface area contributed by atoms with Crippen LogP contribution in [0.2, 0.25) is 0 Å². The maximum atomic E-state index is 12.1. The molecule has 1 heterocycles. The van der Waals surface area contributed by atoms with Crippen LogP contribution in [0.15, 0.2) is 51.4 Å². The molecule has 0 aliphatic carbocycles. The van der Waals surface area contributed by atoms with Crippen molar-refractivity contribution >= 4 is 32.9 Å². The lowest BCUT2D eigenvalue weighted by atomic mass is 10.1. The highest BCUT2D eigenvalue weighted by Crippen LogP contribution is 2.30. The molecular weight excluding hydrogens is 372 g/mol. The Morgan fingerprint density at radius 1 is 1.17 bits per heavy atom. The first kappa shape index (κ1) is 16.6. The monoisotopic (exact) mass is 388 g/mol.